The number of anilines is 1. The Morgan fingerprint density at radius 2 is 1.89 bits per heavy atom. The van der Waals surface area contributed by atoms with Crippen LogP contribution in [0.5, 0.6) is 0 Å². The summed E-state index contributed by atoms with van der Waals surface area (Å²) in [6.45, 7) is 0. The minimum absolute atomic E-state index is 0.224. The second kappa shape index (κ2) is 4.83. The Hall–Kier alpha value is -1.79. The maximum absolute atomic E-state index is 12.0. The molecule has 0 saturated carbocycles. The number of aromatic amines is 1. The summed E-state index contributed by atoms with van der Waals surface area (Å²) in [5.74, 6) is 0. The van der Waals surface area contributed by atoms with E-state index in [9.17, 15) is 13.2 Å². The predicted molar refractivity (Wildman–Crippen MR) is 69.3 cm³/mol. The Labute approximate surface area is 108 Å². The van der Waals surface area contributed by atoms with Crippen LogP contribution in [0.1, 0.15) is 0 Å². The van der Waals surface area contributed by atoms with Gasteiger partial charge in [-0.15, -0.1) is 0 Å². The largest absolute Gasteiger partial charge is 0.366 e. The van der Waals surface area contributed by atoms with E-state index in [4.69, 9.17) is 11.6 Å². The summed E-state index contributed by atoms with van der Waals surface area (Å²) in [5, 5.41) is 0.258. The molecule has 0 fully saturated rings. The summed E-state index contributed by atoms with van der Waals surface area (Å²) in [6, 6.07) is 7.52. The number of hydrogen-bond acceptors (Lipinski definition) is 3. The second-order valence-electron chi connectivity index (χ2n) is 3.46. The van der Waals surface area contributed by atoms with Crippen LogP contribution in [-0.2, 0) is 10.0 Å². The van der Waals surface area contributed by atoms with Gasteiger partial charge in [-0.05, 0) is 12.1 Å². The van der Waals surface area contributed by atoms with E-state index in [1.165, 1.54) is 12.3 Å². The lowest BCUT2D eigenvalue weighted by atomic mass is 10.3. The van der Waals surface area contributed by atoms with Gasteiger partial charge in [-0.1, -0.05) is 23.7 Å². The highest BCUT2D eigenvalue weighted by atomic mass is 35.5. The lowest BCUT2D eigenvalue weighted by molar-refractivity contribution is 0.600. The van der Waals surface area contributed by atoms with Gasteiger partial charge in [0.25, 0.3) is 10.0 Å². The van der Waals surface area contributed by atoms with Crippen molar-refractivity contribution in [3.05, 3.63) is 58.0 Å². The SMILES string of the molecule is O=c1cc[nH]cc1S(=O)(=O)Nc1ccccc1Cl. The first-order valence-corrected chi connectivity index (χ1v) is 6.81. The maximum Gasteiger partial charge on any atom is 0.267 e. The molecule has 7 heteroatoms. The lowest BCUT2D eigenvalue weighted by Crippen LogP contribution is -2.21. The van der Waals surface area contributed by atoms with Crippen LogP contribution in [0.2, 0.25) is 5.02 Å². The molecule has 0 radical (unpaired) electrons. The van der Waals surface area contributed by atoms with Gasteiger partial charge in [0.05, 0.1) is 10.7 Å². The number of benzene rings is 1. The average molecular weight is 285 g/mol. The van der Waals surface area contributed by atoms with Gasteiger partial charge in [-0.3, -0.25) is 9.52 Å². The summed E-state index contributed by atoms with van der Waals surface area (Å²) in [6.07, 6.45) is 2.48. The van der Waals surface area contributed by atoms with E-state index in [2.05, 4.69) is 9.71 Å². The van der Waals surface area contributed by atoms with Gasteiger partial charge < -0.3 is 4.98 Å². The number of H-pyrrole nitrogens is 1. The van der Waals surface area contributed by atoms with Gasteiger partial charge in [-0.2, -0.15) is 0 Å². The van der Waals surface area contributed by atoms with Crippen molar-refractivity contribution >= 4 is 27.3 Å². The monoisotopic (exact) mass is 284 g/mol. The van der Waals surface area contributed by atoms with E-state index in [0.29, 0.717) is 0 Å². The Morgan fingerprint density at radius 3 is 2.56 bits per heavy atom. The molecule has 0 atom stereocenters. The van der Waals surface area contributed by atoms with Crippen molar-refractivity contribution in [3.63, 3.8) is 0 Å². The molecule has 94 valence electrons. The molecule has 1 aromatic carbocycles. The first-order chi connectivity index (χ1) is 8.50. The third kappa shape index (κ3) is 2.55. The molecule has 18 heavy (non-hydrogen) atoms. The normalized spacial score (nSPS) is 11.2. The molecule has 0 aliphatic heterocycles. The third-order valence-corrected chi connectivity index (χ3v) is 3.91. The van der Waals surface area contributed by atoms with E-state index < -0.39 is 15.5 Å². The molecule has 2 rings (SSSR count). The molecule has 0 aliphatic rings. The van der Waals surface area contributed by atoms with Crippen molar-refractivity contribution in [1.82, 2.24) is 4.98 Å². The summed E-state index contributed by atoms with van der Waals surface area (Å²) in [4.78, 5) is 13.7. The molecule has 0 spiro atoms. The highest BCUT2D eigenvalue weighted by Gasteiger charge is 2.18. The molecule has 0 amide bonds. The molecule has 2 aromatic rings. The van der Waals surface area contributed by atoms with Crippen LogP contribution in [-0.4, -0.2) is 13.4 Å². The molecule has 2 N–H and O–H groups in total. The number of pyridine rings is 1. The third-order valence-electron chi connectivity index (χ3n) is 2.20. The van der Waals surface area contributed by atoms with E-state index in [-0.39, 0.29) is 15.6 Å². The topological polar surface area (TPSA) is 79.0 Å². The zero-order chi connectivity index (χ0) is 13.2. The molecule has 0 saturated heterocycles. The summed E-state index contributed by atoms with van der Waals surface area (Å²) < 4.78 is 26.2. The van der Waals surface area contributed by atoms with Crippen LogP contribution >= 0.6 is 11.6 Å². The molecule has 1 heterocycles. The number of rotatable bonds is 3. The van der Waals surface area contributed by atoms with Gasteiger partial charge in [0.2, 0.25) is 5.43 Å². The highest BCUT2D eigenvalue weighted by molar-refractivity contribution is 7.92. The van der Waals surface area contributed by atoms with Crippen LogP contribution in [0.3, 0.4) is 0 Å². The Bertz CT molecular complexity index is 725. The van der Waals surface area contributed by atoms with Crippen LogP contribution in [0, 0.1) is 0 Å². The van der Waals surface area contributed by atoms with Gasteiger partial charge in [0.15, 0.2) is 4.90 Å². The van der Waals surface area contributed by atoms with Crippen molar-refractivity contribution in [2.45, 2.75) is 4.90 Å². The Morgan fingerprint density at radius 1 is 1.17 bits per heavy atom. The minimum atomic E-state index is -3.94. The first-order valence-electron chi connectivity index (χ1n) is 4.95. The molecule has 0 aliphatic carbocycles. The van der Waals surface area contributed by atoms with Crippen LogP contribution in [0.4, 0.5) is 5.69 Å². The summed E-state index contributed by atoms with van der Waals surface area (Å²) in [7, 11) is -3.94. The zero-order valence-corrected chi connectivity index (χ0v) is 10.6. The average Bonchev–Trinajstić information content (AvgIpc) is 2.32. The minimum Gasteiger partial charge on any atom is -0.366 e. The van der Waals surface area contributed by atoms with Crippen molar-refractivity contribution in [1.29, 1.82) is 0 Å². The molecule has 5 nitrogen and oxygen atoms in total. The van der Waals surface area contributed by atoms with Crippen LogP contribution in [0.15, 0.2) is 52.4 Å². The standard InChI is InChI=1S/C11H9ClN2O3S/c12-8-3-1-2-4-9(8)14-18(16,17)11-7-13-6-5-10(11)15/h1-7,14H,(H,13,15). The summed E-state index contributed by atoms with van der Waals surface area (Å²) >= 11 is 5.84. The quantitative estimate of drug-likeness (QED) is 0.902. The number of hydrogen-bond donors (Lipinski definition) is 2. The first kappa shape index (κ1) is 12.7. The van der Waals surface area contributed by atoms with Crippen molar-refractivity contribution in [2.24, 2.45) is 0 Å². The van der Waals surface area contributed by atoms with Gasteiger partial charge in [0.1, 0.15) is 0 Å². The van der Waals surface area contributed by atoms with Crippen LogP contribution < -0.4 is 10.2 Å². The number of para-hydroxylation sites is 1. The zero-order valence-electron chi connectivity index (χ0n) is 9.05. The number of sulfonamides is 1. The van der Waals surface area contributed by atoms with Gasteiger partial charge in [-0.25, -0.2) is 8.42 Å². The summed E-state index contributed by atoms with van der Waals surface area (Å²) in [5.41, 5.74) is -0.365. The Balaban J connectivity index is 2.43. The van der Waals surface area contributed by atoms with Gasteiger partial charge in [0, 0.05) is 18.5 Å². The Kier molecular flexibility index (Phi) is 3.40. The number of nitrogens with one attached hydrogen (secondary N) is 2. The van der Waals surface area contributed by atoms with E-state index in [1.54, 1.807) is 18.2 Å². The highest BCUT2D eigenvalue weighted by Crippen LogP contribution is 2.22. The van der Waals surface area contributed by atoms with Gasteiger partial charge >= 0.3 is 0 Å². The fraction of sp³-hybridized carbons (Fsp3) is 0. The molecule has 0 unspecified atom stereocenters. The van der Waals surface area contributed by atoms with Crippen molar-refractivity contribution < 1.29 is 8.42 Å². The predicted octanol–water partition coefficient (Wildman–Crippen LogP) is 1.83. The molecule has 1 aromatic heterocycles. The molecular formula is C11H9ClN2O3S. The fourth-order valence-electron chi connectivity index (χ4n) is 1.35. The number of aromatic nitrogens is 1. The van der Waals surface area contributed by atoms with E-state index in [0.717, 1.165) is 12.3 Å². The molecular weight excluding hydrogens is 276 g/mol. The van der Waals surface area contributed by atoms with Crippen molar-refractivity contribution in [2.75, 3.05) is 4.72 Å². The fourth-order valence-corrected chi connectivity index (χ4v) is 2.73. The lowest BCUT2D eigenvalue weighted by Gasteiger charge is -2.08. The smallest absolute Gasteiger partial charge is 0.267 e. The van der Waals surface area contributed by atoms with E-state index >= 15 is 0 Å². The maximum atomic E-state index is 12.0. The van der Waals surface area contributed by atoms with E-state index in [1.807, 2.05) is 0 Å². The number of halogens is 1. The molecule has 0 bridgehead atoms. The van der Waals surface area contributed by atoms with Crippen LogP contribution in [0.25, 0.3) is 0 Å². The second-order valence-corrected chi connectivity index (χ2v) is 5.52. The van der Waals surface area contributed by atoms with Crippen molar-refractivity contribution in [3.8, 4) is 0 Å².